The first-order valence-electron chi connectivity index (χ1n) is 6.28. The quantitative estimate of drug-likeness (QED) is 0.831. The molecule has 0 saturated heterocycles. The number of alkyl halides is 1. The second-order valence-corrected chi connectivity index (χ2v) is 4.95. The third-order valence-electron chi connectivity index (χ3n) is 3.34. The fraction of sp³-hybridized carbons (Fsp3) is 0.538. The Morgan fingerprint density at radius 3 is 2.72 bits per heavy atom. The van der Waals surface area contributed by atoms with Gasteiger partial charge in [0, 0.05) is 30.7 Å². The number of nitrogens with zero attached hydrogens (tertiary/aromatic N) is 1. The summed E-state index contributed by atoms with van der Waals surface area (Å²) in [5.41, 5.74) is 0.346. The SMILES string of the molecule is O=C(c1ccc(=O)[nH]c1)N(CCCCl)C1CCC1. The number of amides is 1. The van der Waals surface area contributed by atoms with Crippen molar-refractivity contribution in [2.75, 3.05) is 12.4 Å². The topological polar surface area (TPSA) is 53.2 Å². The number of hydrogen-bond donors (Lipinski definition) is 1. The summed E-state index contributed by atoms with van der Waals surface area (Å²) >= 11 is 5.70. The summed E-state index contributed by atoms with van der Waals surface area (Å²) in [6, 6.07) is 3.30. The number of hydrogen-bond acceptors (Lipinski definition) is 2. The van der Waals surface area contributed by atoms with Crippen LogP contribution in [-0.2, 0) is 0 Å². The molecule has 1 aliphatic carbocycles. The van der Waals surface area contributed by atoms with Crippen molar-refractivity contribution in [2.45, 2.75) is 31.7 Å². The lowest BCUT2D eigenvalue weighted by molar-refractivity contribution is 0.0580. The van der Waals surface area contributed by atoms with E-state index in [9.17, 15) is 9.59 Å². The lowest BCUT2D eigenvalue weighted by atomic mass is 9.91. The van der Waals surface area contributed by atoms with Gasteiger partial charge in [-0.05, 0) is 31.7 Å². The molecule has 2 rings (SSSR count). The first-order chi connectivity index (χ1) is 8.72. The Morgan fingerprint density at radius 2 is 2.22 bits per heavy atom. The number of carbonyl (C=O) groups is 1. The zero-order valence-corrected chi connectivity index (χ0v) is 10.9. The van der Waals surface area contributed by atoms with Gasteiger partial charge in [0.1, 0.15) is 0 Å². The molecule has 1 aliphatic rings. The molecule has 18 heavy (non-hydrogen) atoms. The predicted octanol–water partition coefficient (Wildman–Crippen LogP) is 2.00. The molecule has 0 aromatic carbocycles. The van der Waals surface area contributed by atoms with Gasteiger partial charge < -0.3 is 9.88 Å². The van der Waals surface area contributed by atoms with Crippen molar-refractivity contribution in [3.05, 3.63) is 34.2 Å². The highest BCUT2D eigenvalue weighted by atomic mass is 35.5. The molecule has 0 atom stereocenters. The molecule has 0 unspecified atom stereocenters. The number of H-pyrrole nitrogens is 1. The summed E-state index contributed by atoms with van der Waals surface area (Å²) in [7, 11) is 0. The number of aromatic amines is 1. The zero-order chi connectivity index (χ0) is 13.0. The average molecular weight is 269 g/mol. The molecule has 1 fully saturated rings. The van der Waals surface area contributed by atoms with Crippen molar-refractivity contribution < 1.29 is 4.79 Å². The van der Waals surface area contributed by atoms with E-state index in [4.69, 9.17) is 11.6 Å². The molecule has 0 aliphatic heterocycles. The van der Waals surface area contributed by atoms with E-state index in [1.165, 1.54) is 18.7 Å². The van der Waals surface area contributed by atoms with Gasteiger partial charge in [-0.25, -0.2) is 0 Å². The van der Waals surface area contributed by atoms with Crippen molar-refractivity contribution in [1.82, 2.24) is 9.88 Å². The van der Waals surface area contributed by atoms with E-state index in [0.29, 0.717) is 24.0 Å². The van der Waals surface area contributed by atoms with Crippen LogP contribution in [0.15, 0.2) is 23.1 Å². The summed E-state index contributed by atoms with van der Waals surface area (Å²) in [6.07, 6.45) is 5.60. The number of carbonyl (C=O) groups excluding carboxylic acids is 1. The molecule has 0 spiro atoms. The fourth-order valence-corrected chi connectivity index (χ4v) is 2.21. The minimum Gasteiger partial charge on any atom is -0.336 e. The monoisotopic (exact) mass is 268 g/mol. The highest BCUT2D eigenvalue weighted by Gasteiger charge is 2.28. The summed E-state index contributed by atoms with van der Waals surface area (Å²) in [6.45, 7) is 0.687. The Labute approximate surface area is 111 Å². The van der Waals surface area contributed by atoms with Crippen LogP contribution in [0.2, 0.25) is 0 Å². The van der Waals surface area contributed by atoms with Crippen LogP contribution >= 0.6 is 11.6 Å². The zero-order valence-electron chi connectivity index (χ0n) is 10.2. The van der Waals surface area contributed by atoms with Crippen molar-refractivity contribution in [2.24, 2.45) is 0 Å². The maximum Gasteiger partial charge on any atom is 0.255 e. The van der Waals surface area contributed by atoms with Gasteiger partial charge in [0.25, 0.3) is 5.91 Å². The second-order valence-electron chi connectivity index (χ2n) is 4.57. The molecule has 0 bridgehead atoms. The Hall–Kier alpha value is -1.29. The van der Waals surface area contributed by atoms with Crippen LogP contribution in [0.4, 0.5) is 0 Å². The Bertz CT molecular complexity index is 448. The summed E-state index contributed by atoms with van der Waals surface area (Å²) in [4.78, 5) is 27.8. The molecule has 98 valence electrons. The molecule has 1 amide bonds. The van der Waals surface area contributed by atoms with Gasteiger partial charge in [-0.15, -0.1) is 11.6 Å². The van der Waals surface area contributed by atoms with Crippen LogP contribution in [-0.4, -0.2) is 34.3 Å². The van der Waals surface area contributed by atoms with E-state index in [2.05, 4.69) is 4.98 Å². The van der Waals surface area contributed by atoms with Gasteiger partial charge in [-0.1, -0.05) is 0 Å². The number of rotatable bonds is 5. The highest BCUT2D eigenvalue weighted by Crippen LogP contribution is 2.26. The van der Waals surface area contributed by atoms with E-state index in [1.54, 1.807) is 6.07 Å². The summed E-state index contributed by atoms with van der Waals surface area (Å²) in [5, 5.41) is 0. The first-order valence-corrected chi connectivity index (χ1v) is 6.81. The van der Waals surface area contributed by atoms with E-state index in [0.717, 1.165) is 19.3 Å². The lowest BCUT2D eigenvalue weighted by Crippen LogP contribution is -2.45. The average Bonchev–Trinajstić information content (AvgIpc) is 2.32. The summed E-state index contributed by atoms with van der Waals surface area (Å²) < 4.78 is 0. The second kappa shape index (κ2) is 6.05. The van der Waals surface area contributed by atoms with E-state index in [1.807, 2.05) is 4.90 Å². The molecular weight excluding hydrogens is 252 g/mol. The van der Waals surface area contributed by atoms with Crippen LogP contribution in [0.5, 0.6) is 0 Å². The molecular formula is C13H17ClN2O2. The highest BCUT2D eigenvalue weighted by molar-refractivity contribution is 6.17. The lowest BCUT2D eigenvalue weighted by Gasteiger charge is -2.37. The third kappa shape index (κ3) is 2.93. The van der Waals surface area contributed by atoms with Crippen molar-refractivity contribution in [3.63, 3.8) is 0 Å². The largest absolute Gasteiger partial charge is 0.336 e. The fourth-order valence-electron chi connectivity index (χ4n) is 2.09. The predicted molar refractivity (Wildman–Crippen MR) is 71.1 cm³/mol. The number of pyridine rings is 1. The summed E-state index contributed by atoms with van der Waals surface area (Å²) in [5.74, 6) is 0.545. The Balaban J connectivity index is 2.11. The number of aromatic nitrogens is 1. The minimum absolute atomic E-state index is 0.0129. The maximum atomic E-state index is 12.4. The molecule has 1 heterocycles. The van der Waals surface area contributed by atoms with Crippen LogP contribution < -0.4 is 5.56 Å². The van der Waals surface area contributed by atoms with Gasteiger partial charge in [0.15, 0.2) is 0 Å². The maximum absolute atomic E-state index is 12.4. The number of halogens is 1. The molecule has 1 N–H and O–H groups in total. The van der Waals surface area contributed by atoms with Gasteiger partial charge in [0.05, 0.1) is 5.56 Å². The Kier molecular flexibility index (Phi) is 4.42. The van der Waals surface area contributed by atoms with Crippen molar-refractivity contribution in [1.29, 1.82) is 0 Å². The Morgan fingerprint density at radius 1 is 1.44 bits per heavy atom. The van der Waals surface area contributed by atoms with Crippen molar-refractivity contribution >= 4 is 17.5 Å². The molecule has 1 aromatic rings. The van der Waals surface area contributed by atoms with Crippen LogP contribution in [0.3, 0.4) is 0 Å². The van der Waals surface area contributed by atoms with Gasteiger partial charge in [-0.3, -0.25) is 9.59 Å². The van der Waals surface area contributed by atoms with E-state index < -0.39 is 0 Å². The standard InChI is InChI=1S/C13H17ClN2O2/c14-7-2-8-16(11-3-1-4-11)13(18)10-5-6-12(17)15-9-10/h5-6,9,11H,1-4,7-8H2,(H,15,17). The minimum atomic E-state index is -0.192. The van der Waals surface area contributed by atoms with Gasteiger partial charge in [-0.2, -0.15) is 0 Å². The van der Waals surface area contributed by atoms with E-state index >= 15 is 0 Å². The first kappa shape index (κ1) is 13.1. The molecule has 1 aromatic heterocycles. The molecule has 4 nitrogen and oxygen atoms in total. The molecule has 1 saturated carbocycles. The van der Waals surface area contributed by atoms with Crippen LogP contribution in [0.1, 0.15) is 36.0 Å². The molecule has 5 heteroatoms. The number of nitrogens with one attached hydrogen (secondary N) is 1. The normalized spacial score (nSPS) is 15.2. The van der Waals surface area contributed by atoms with Crippen molar-refractivity contribution in [3.8, 4) is 0 Å². The van der Waals surface area contributed by atoms with E-state index in [-0.39, 0.29) is 11.5 Å². The molecule has 0 radical (unpaired) electrons. The van der Waals surface area contributed by atoms with Crippen LogP contribution in [0, 0.1) is 0 Å². The van der Waals surface area contributed by atoms with Crippen LogP contribution in [0.25, 0.3) is 0 Å². The van der Waals surface area contributed by atoms with Gasteiger partial charge >= 0.3 is 0 Å². The van der Waals surface area contributed by atoms with Gasteiger partial charge in [0.2, 0.25) is 5.56 Å². The third-order valence-corrected chi connectivity index (χ3v) is 3.61. The smallest absolute Gasteiger partial charge is 0.255 e.